The summed E-state index contributed by atoms with van der Waals surface area (Å²) in [4.78, 5) is 33.6. The number of aliphatic carboxylic acids is 1. The summed E-state index contributed by atoms with van der Waals surface area (Å²) in [5.41, 5.74) is 8.05. The number of benzene rings is 1. The summed E-state index contributed by atoms with van der Waals surface area (Å²) in [6.45, 7) is 2.72. The average molecular weight is 580 g/mol. The number of carbonyl (C=O) groups excluding carboxylic acids is 1. The molecule has 0 bridgehead atoms. The number of halogens is 3. The first kappa shape index (κ1) is 30.4. The van der Waals surface area contributed by atoms with Crippen LogP contribution in [0.4, 0.5) is 13.2 Å². The van der Waals surface area contributed by atoms with Crippen LogP contribution in [0.15, 0.2) is 73.1 Å². The van der Waals surface area contributed by atoms with Gasteiger partial charge in [0.05, 0.1) is 11.3 Å². The third-order valence-electron chi connectivity index (χ3n) is 6.69. The van der Waals surface area contributed by atoms with E-state index in [1.165, 1.54) is 5.56 Å². The van der Waals surface area contributed by atoms with Gasteiger partial charge in [0.15, 0.2) is 0 Å². The van der Waals surface area contributed by atoms with Crippen molar-refractivity contribution in [1.29, 1.82) is 0 Å². The van der Waals surface area contributed by atoms with E-state index in [-0.39, 0.29) is 5.91 Å². The molecule has 0 radical (unpaired) electrons. The summed E-state index contributed by atoms with van der Waals surface area (Å²) >= 11 is 0. The number of amides is 1. The molecule has 11 heteroatoms. The lowest BCUT2D eigenvalue weighted by atomic mass is 10.1. The number of H-pyrrole nitrogens is 1. The van der Waals surface area contributed by atoms with E-state index in [4.69, 9.17) is 9.90 Å². The second kappa shape index (κ2) is 14.4. The van der Waals surface area contributed by atoms with Gasteiger partial charge in [0, 0.05) is 53.6 Å². The first-order chi connectivity index (χ1) is 20.2. The quantitative estimate of drug-likeness (QED) is 0.192. The van der Waals surface area contributed by atoms with Crippen LogP contribution in [0.2, 0.25) is 0 Å². The number of aromatic nitrogens is 3. The van der Waals surface area contributed by atoms with Crippen LogP contribution in [0.1, 0.15) is 40.2 Å². The lowest BCUT2D eigenvalue weighted by Crippen LogP contribution is -2.31. The van der Waals surface area contributed by atoms with Crippen LogP contribution in [0.5, 0.6) is 0 Å². The number of nitrogens with zero attached hydrogens (tertiary/aromatic N) is 2. The van der Waals surface area contributed by atoms with Gasteiger partial charge in [-0.15, -0.1) is 0 Å². The molecule has 0 saturated heterocycles. The molecule has 8 nitrogen and oxygen atoms in total. The maximum absolute atomic E-state index is 12.1. The van der Waals surface area contributed by atoms with Crippen molar-refractivity contribution in [3.63, 3.8) is 0 Å². The normalized spacial score (nSPS) is 12.6. The molecule has 0 spiro atoms. The summed E-state index contributed by atoms with van der Waals surface area (Å²) in [6, 6.07) is 20.8. The van der Waals surface area contributed by atoms with Crippen LogP contribution < -0.4 is 10.6 Å². The number of alkyl halides is 3. The van der Waals surface area contributed by atoms with Gasteiger partial charge in [-0.05, 0) is 74.7 Å². The predicted octanol–water partition coefficient (Wildman–Crippen LogP) is 5.21. The van der Waals surface area contributed by atoms with E-state index in [0.29, 0.717) is 6.54 Å². The minimum atomic E-state index is -5.08. The molecule has 4 N–H and O–H groups in total. The number of pyridine rings is 2. The Bertz CT molecular complexity index is 1470. The van der Waals surface area contributed by atoms with Crippen LogP contribution in [-0.2, 0) is 24.1 Å². The minimum Gasteiger partial charge on any atom is -0.475 e. The SMILES string of the molecule is O=C(O)C(F)(F)F.O=C1NCCc2[nH]c(-c3ccnc(-c4ccc(CCCNCCCc5ccccc5)nc4)c3)cc21. The number of fused-ring (bicyclic) bond motifs is 1. The number of nitrogens with one attached hydrogen (secondary N) is 3. The molecular weight excluding hydrogens is 547 g/mol. The lowest BCUT2D eigenvalue weighted by molar-refractivity contribution is -0.192. The highest BCUT2D eigenvalue weighted by Crippen LogP contribution is 2.27. The Kier molecular flexibility index (Phi) is 10.4. The zero-order valence-electron chi connectivity index (χ0n) is 22.9. The van der Waals surface area contributed by atoms with E-state index in [0.717, 1.165) is 84.7 Å². The van der Waals surface area contributed by atoms with Gasteiger partial charge in [-0.25, -0.2) is 4.79 Å². The fourth-order valence-corrected chi connectivity index (χ4v) is 4.51. The second-order valence-corrected chi connectivity index (χ2v) is 9.79. The molecule has 0 saturated carbocycles. The Labute approximate surface area is 241 Å². The van der Waals surface area contributed by atoms with E-state index in [2.05, 4.69) is 68.1 Å². The molecule has 1 aliphatic heterocycles. The second-order valence-electron chi connectivity index (χ2n) is 9.79. The zero-order chi connectivity index (χ0) is 30.0. The van der Waals surface area contributed by atoms with Crippen LogP contribution in [-0.4, -0.2) is 57.7 Å². The molecule has 0 fully saturated rings. The van der Waals surface area contributed by atoms with Crippen LogP contribution in [0.25, 0.3) is 22.5 Å². The highest BCUT2D eigenvalue weighted by Gasteiger charge is 2.38. The molecule has 1 aromatic carbocycles. The minimum absolute atomic E-state index is 0.00907. The number of hydrogen-bond donors (Lipinski definition) is 4. The standard InChI is InChI=1S/C29H31N5O.C2HF3O2/c35-29-25-19-28(34-26(25)13-17-32-29)22-12-16-31-27(18-22)23-10-11-24(33-20-23)9-5-15-30-14-4-8-21-6-2-1-3-7-21;3-2(4,5)1(6)7/h1-3,6-7,10-12,16,18-20,30,34H,4-5,8-9,13-15,17H2,(H,32,35);(H,6,7). The highest BCUT2D eigenvalue weighted by atomic mass is 19.4. The van der Waals surface area contributed by atoms with Gasteiger partial charge >= 0.3 is 12.1 Å². The van der Waals surface area contributed by atoms with Crippen molar-refractivity contribution in [3.05, 3.63) is 95.6 Å². The first-order valence-corrected chi connectivity index (χ1v) is 13.7. The van der Waals surface area contributed by atoms with Crippen LogP contribution in [0, 0.1) is 0 Å². The number of carboxylic acid groups (broad SMARTS) is 1. The maximum atomic E-state index is 12.1. The molecule has 0 aliphatic carbocycles. The fourth-order valence-electron chi connectivity index (χ4n) is 4.51. The topological polar surface area (TPSA) is 120 Å². The molecule has 1 amide bonds. The molecule has 4 heterocycles. The molecule has 5 rings (SSSR count). The molecule has 220 valence electrons. The number of rotatable bonds is 10. The van der Waals surface area contributed by atoms with Crippen molar-refractivity contribution in [2.75, 3.05) is 19.6 Å². The van der Waals surface area contributed by atoms with E-state index in [1.807, 2.05) is 30.6 Å². The Balaban J connectivity index is 0.000000517. The van der Waals surface area contributed by atoms with Crippen molar-refractivity contribution in [2.45, 2.75) is 38.3 Å². The lowest BCUT2D eigenvalue weighted by Gasteiger charge is -2.11. The molecule has 0 atom stereocenters. The van der Waals surface area contributed by atoms with Crippen molar-refractivity contribution in [2.24, 2.45) is 0 Å². The Morgan fingerprint density at radius 3 is 2.36 bits per heavy atom. The van der Waals surface area contributed by atoms with Crippen molar-refractivity contribution in [3.8, 4) is 22.5 Å². The summed E-state index contributed by atoms with van der Waals surface area (Å²) in [7, 11) is 0. The van der Waals surface area contributed by atoms with E-state index in [9.17, 15) is 18.0 Å². The van der Waals surface area contributed by atoms with Gasteiger partial charge in [0.1, 0.15) is 0 Å². The molecule has 0 unspecified atom stereocenters. The number of aromatic amines is 1. The highest BCUT2D eigenvalue weighted by molar-refractivity contribution is 5.97. The van der Waals surface area contributed by atoms with Crippen LogP contribution >= 0.6 is 0 Å². The van der Waals surface area contributed by atoms with Gasteiger partial charge in [0.25, 0.3) is 5.91 Å². The molecule has 1 aliphatic rings. The predicted molar refractivity (Wildman–Crippen MR) is 153 cm³/mol. The van der Waals surface area contributed by atoms with Gasteiger partial charge in [-0.3, -0.25) is 14.8 Å². The van der Waals surface area contributed by atoms with E-state index >= 15 is 0 Å². The number of carboxylic acids is 1. The molecule has 42 heavy (non-hydrogen) atoms. The zero-order valence-corrected chi connectivity index (χ0v) is 22.9. The van der Waals surface area contributed by atoms with Crippen molar-refractivity contribution in [1.82, 2.24) is 25.6 Å². The number of hydrogen-bond acceptors (Lipinski definition) is 5. The summed E-state index contributed by atoms with van der Waals surface area (Å²) < 4.78 is 31.7. The third kappa shape index (κ3) is 8.74. The fraction of sp³-hybridized carbons (Fsp3) is 0.290. The molecule has 4 aromatic rings. The Hall–Kier alpha value is -4.51. The van der Waals surface area contributed by atoms with E-state index < -0.39 is 12.1 Å². The monoisotopic (exact) mass is 579 g/mol. The number of carbonyl (C=O) groups is 2. The third-order valence-corrected chi connectivity index (χ3v) is 6.69. The molecular formula is C31H32F3N5O3. The smallest absolute Gasteiger partial charge is 0.475 e. The van der Waals surface area contributed by atoms with Gasteiger partial charge in [-0.2, -0.15) is 13.2 Å². The first-order valence-electron chi connectivity index (χ1n) is 13.7. The van der Waals surface area contributed by atoms with Crippen LogP contribution in [0.3, 0.4) is 0 Å². The summed E-state index contributed by atoms with van der Waals surface area (Å²) in [5, 5.41) is 13.6. The van der Waals surface area contributed by atoms with E-state index in [1.54, 1.807) is 0 Å². The largest absolute Gasteiger partial charge is 0.490 e. The Morgan fingerprint density at radius 2 is 1.69 bits per heavy atom. The van der Waals surface area contributed by atoms with Crippen molar-refractivity contribution >= 4 is 11.9 Å². The average Bonchev–Trinajstić information content (AvgIpc) is 3.44. The van der Waals surface area contributed by atoms with Gasteiger partial charge in [-0.1, -0.05) is 30.3 Å². The maximum Gasteiger partial charge on any atom is 0.490 e. The van der Waals surface area contributed by atoms with Crippen molar-refractivity contribution < 1.29 is 27.9 Å². The molecule has 3 aromatic heterocycles. The number of aryl methyl sites for hydroxylation is 2. The van der Waals surface area contributed by atoms with Gasteiger partial charge in [0.2, 0.25) is 0 Å². The Morgan fingerprint density at radius 1 is 0.952 bits per heavy atom. The summed E-state index contributed by atoms with van der Waals surface area (Å²) in [5.74, 6) is -2.77. The van der Waals surface area contributed by atoms with Gasteiger partial charge < -0.3 is 20.7 Å². The summed E-state index contributed by atoms with van der Waals surface area (Å²) in [6.07, 6.45) is 3.75.